The van der Waals surface area contributed by atoms with Crippen LogP contribution in [0.25, 0.3) is 0 Å². The molecule has 0 aromatic heterocycles. The van der Waals surface area contributed by atoms with Crippen molar-refractivity contribution in [3.8, 4) is 5.75 Å². The third-order valence-electron chi connectivity index (χ3n) is 4.71. The second kappa shape index (κ2) is 7.26. The summed E-state index contributed by atoms with van der Waals surface area (Å²) < 4.78 is 5.69. The predicted molar refractivity (Wildman–Crippen MR) is 94.6 cm³/mol. The van der Waals surface area contributed by atoms with Gasteiger partial charge in [-0.15, -0.1) is 0 Å². The van der Waals surface area contributed by atoms with Crippen molar-refractivity contribution >= 4 is 0 Å². The van der Waals surface area contributed by atoms with E-state index in [0.717, 1.165) is 57.9 Å². The van der Waals surface area contributed by atoms with E-state index in [4.69, 9.17) is 4.74 Å². The van der Waals surface area contributed by atoms with E-state index in [2.05, 4.69) is 60.1 Å². The minimum Gasteiger partial charge on any atom is -0.493 e. The molecule has 4 heteroatoms. The number of hydrogen-bond acceptors (Lipinski definition) is 4. The molecule has 1 saturated heterocycles. The monoisotopic (exact) mass is 315 g/mol. The van der Waals surface area contributed by atoms with Gasteiger partial charge < -0.3 is 14.5 Å². The number of ether oxygens (including phenoxy) is 1. The largest absolute Gasteiger partial charge is 0.493 e. The van der Waals surface area contributed by atoms with E-state index >= 15 is 0 Å². The smallest absolute Gasteiger partial charge is 0.122 e. The molecule has 0 N–H and O–H groups in total. The number of benzene rings is 1. The van der Waals surface area contributed by atoms with Gasteiger partial charge in [-0.05, 0) is 23.6 Å². The van der Waals surface area contributed by atoms with Gasteiger partial charge in [0.15, 0.2) is 0 Å². The molecule has 2 aliphatic rings. The van der Waals surface area contributed by atoms with E-state index < -0.39 is 0 Å². The molecule has 0 aliphatic carbocycles. The lowest BCUT2D eigenvalue weighted by Gasteiger charge is -2.37. The molecule has 3 rings (SSSR count). The first kappa shape index (κ1) is 16.2. The lowest BCUT2D eigenvalue weighted by molar-refractivity contribution is 0.149. The van der Waals surface area contributed by atoms with Crippen LogP contribution in [0.2, 0.25) is 0 Å². The highest BCUT2D eigenvalue weighted by Gasteiger charge is 2.19. The molecule has 4 nitrogen and oxygen atoms in total. The van der Waals surface area contributed by atoms with Crippen molar-refractivity contribution in [3.63, 3.8) is 0 Å². The van der Waals surface area contributed by atoms with E-state index in [9.17, 15) is 0 Å². The van der Waals surface area contributed by atoms with Crippen LogP contribution in [0.15, 0.2) is 30.1 Å². The summed E-state index contributed by atoms with van der Waals surface area (Å²) in [5.41, 5.74) is 4.18. The SMILES string of the molecule is CC/C(=C\N(C)C)N1CCN(Cc2ccc3c(c2)OCC3)CC1. The van der Waals surface area contributed by atoms with Crippen molar-refractivity contribution in [2.75, 3.05) is 46.9 Å². The molecule has 0 radical (unpaired) electrons. The Bertz CT molecular complexity index is 560. The van der Waals surface area contributed by atoms with Gasteiger partial charge in [-0.2, -0.15) is 0 Å². The van der Waals surface area contributed by atoms with E-state index in [1.165, 1.54) is 16.8 Å². The van der Waals surface area contributed by atoms with Gasteiger partial charge in [0, 0.05) is 65.1 Å². The zero-order valence-electron chi connectivity index (χ0n) is 14.7. The molecule has 0 atom stereocenters. The van der Waals surface area contributed by atoms with Crippen LogP contribution in [0.5, 0.6) is 5.75 Å². The quantitative estimate of drug-likeness (QED) is 0.831. The standard InChI is InChI=1S/C19H29N3O/c1-4-18(15-20(2)3)22-10-8-21(9-11-22)14-16-5-6-17-7-12-23-19(17)13-16/h5-6,13,15H,4,7-12,14H2,1-3H3/b18-15+. The van der Waals surface area contributed by atoms with E-state index in [1.54, 1.807) is 0 Å². The van der Waals surface area contributed by atoms with Crippen LogP contribution in [0.1, 0.15) is 24.5 Å². The lowest BCUT2D eigenvalue weighted by atomic mass is 10.1. The summed E-state index contributed by atoms with van der Waals surface area (Å²) in [6, 6.07) is 6.74. The molecule has 23 heavy (non-hydrogen) atoms. The second-order valence-corrected chi connectivity index (χ2v) is 6.74. The third-order valence-corrected chi connectivity index (χ3v) is 4.71. The second-order valence-electron chi connectivity index (χ2n) is 6.74. The highest BCUT2D eigenvalue weighted by molar-refractivity contribution is 5.40. The van der Waals surface area contributed by atoms with E-state index in [1.807, 2.05) is 0 Å². The van der Waals surface area contributed by atoms with Crippen molar-refractivity contribution in [3.05, 3.63) is 41.2 Å². The normalized spacial score (nSPS) is 18.7. The van der Waals surface area contributed by atoms with Gasteiger partial charge in [0.1, 0.15) is 5.75 Å². The molecule has 1 fully saturated rings. The van der Waals surface area contributed by atoms with Crippen LogP contribution in [0.4, 0.5) is 0 Å². The zero-order valence-corrected chi connectivity index (χ0v) is 14.7. The molecule has 126 valence electrons. The van der Waals surface area contributed by atoms with Crippen LogP contribution >= 0.6 is 0 Å². The van der Waals surface area contributed by atoms with Crippen LogP contribution in [-0.4, -0.2) is 61.6 Å². The first-order valence-electron chi connectivity index (χ1n) is 8.74. The van der Waals surface area contributed by atoms with Crippen molar-refractivity contribution in [1.82, 2.24) is 14.7 Å². The summed E-state index contributed by atoms with van der Waals surface area (Å²) in [6.45, 7) is 8.61. The van der Waals surface area contributed by atoms with Crippen LogP contribution in [0.3, 0.4) is 0 Å². The molecule has 0 amide bonds. The molecule has 2 aliphatic heterocycles. The van der Waals surface area contributed by atoms with Gasteiger partial charge in [0.25, 0.3) is 0 Å². The number of piperazine rings is 1. The molecule has 0 spiro atoms. The fourth-order valence-corrected chi connectivity index (χ4v) is 3.46. The fraction of sp³-hybridized carbons (Fsp3) is 0.579. The minimum absolute atomic E-state index is 0.843. The van der Waals surface area contributed by atoms with Crippen LogP contribution in [-0.2, 0) is 13.0 Å². The van der Waals surface area contributed by atoms with E-state index in [-0.39, 0.29) is 0 Å². The molecular weight excluding hydrogens is 286 g/mol. The van der Waals surface area contributed by atoms with Crippen molar-refractivity contribution in [1.29, 1.82) is 0 Å². The number of hydrogen-bond donors (Lipinski definition) is 0. The Hall–Kier alpha value is -1.68. The van der Waals surface area contributed by atoms with Gasteiger partial charge in [0.2, 0.25) is 0 Å². The summed E-state index contributed by atoms with van der Waals surface area (Å²) in [6.07, 6.45) is 4.42. The molecule has 0 unspecified atom stereocenters. The Balaban J connectivity index is 1.55. The average Bonchev–Trinajstić information content (AvgIpc) is 3.01. The maximum atomic E-state index is 5.69. The fourth-order valence-electron chi connectivity index (χ4n) is 3.46. The first-order chi connectivity index (χ1) is 11.2. The van der Waals surface area contributed by atoms with Gasteiger partial charge in [-0.1, -0.05) is 19.1 Å². The molecule has 0 saturated carbocycles. The maximum absolute atomic E-state index is 5.69. The minimum atomic E-state index is 0.843. The average molecular weight is 315 g/mol. The summed E-state index contributed by atoms with van der Waals surface area (Å²) in [4.78, 5) is 7.23. The predicted octanol–water partition coefficient (Wildman–Crippen LogP) is 2.55. The van der Waals surface area contributed by atoms with Gasteiger partial charge in [0.05, 0.1) is 6.61 Å². The Kier molecular flexibility index (Phi) is 5.11. The molecule has 1 aromatic carbocycles. The Morgan fingerprint density at radius 3 is 2.70 bits per heavy atom. The molecule has 1 aromatic rings. The van der Waals surface area contributed by atoms with Crippen molar-refractivity contribution in [2.45, 2.75) is 26.3 Å². The Morgan fingerprint density at radius 1 is 1.22 bits per heavy atom. The number of rotatable bonds is 5. The topological polar surface area (TPSA) is 19.0 Å². The number of allylic oxidation sites excluding steroid dienone is 1. The molecule has 0 bridgehead atoms. The molecular formula is C19H29N3O. The summed E-state index contributed by atoms with van der Waals surface area (Å²) in [5.74, 6) is 1.10. The molecule has 2 heterocycles. The van der Waals surface area contributed by atoms with Gasteiger partial charge in [-0.25, -0.2) is 0 Å². The van der Waals surface area contributed by atoms with Gasteiger partial charge in [-0.3, -0.25) is 4.90 Å². The summed E-state index contributed by atoms with van der Waals surface area (Å²) in [7, 11) is 4.20. The maximum Gasteiger partial charge on any atom is 0.122 e. The van der Waals surface area contributed by atoms with Crippen LogP contribution in [0, 0.1) is 0 Å². The highest BCUT2D eigenvalue weighted by Crippen LogP contribution is 2.27. The van der Waals surface area contributed by atoms with Gasteiger partial charge >= 0.3 is 0 Å². The number of fused-ring (bicyclic) bond motifs is 1. The number of nitrogens with zero attached hydrogens (tertiary/aromatic N) is 3. The third kappa shape index (κ3) is 3.99. The van der Waals surface area contributed by atoms with Crippen molar-refractivity contribution < 1.29 is 4.74 Å². The lowest BCUT2D eigenvalue weighted by Crippen LogP contribution is -2.45. The first-order valence-corrected chi connectivity index (χ1v) is 8.74. The Morgan fingerprint density at radius 2 is 2.00 bits per heavy atom. The Labute approximate surface area is 140 Å². The van der Waals surface area contributed by atoms with Crippen LogP contribution < -0.4 is 4.74 Å². The van der Waals surface area contributed by atoms with E-state index in [0.29, 0.717) is 0 Å². The summed E-state index contributed by atoms with van der Waals surface area (Å²) >= 11 is 0. The zero-order chi connectivity index (χ0) is 16.2. The highest BCUT2D eigenvalue weighted by atomic mass is 16.5. The van der Waals surface area contributed by atoms with Crippen molar-refractivity contribution in [2.24, 2.45) is 0 Å². The summed E-state index contributed by atoms with van der Waals surface area (Å²) in [5, 5.41) is 0.